The Bertz CT molecular complexity index is 502. The van der Waals surface area contributed by atoms with E-state index in [0.717, 1.165) is 19.3 Å². The molecule has 0 aliphatic heterocycles. The van der Waals surface area contributed by atoms with Crippen LogP contribution in [-0.4, -0.2) is 6.04 Å². The van der Waals surface area contributed by atoms with E-state index in [9.17, 15) is 0 Å². The van der Waals surface area contributed by atoms with Crippen LogP contribution in [0.5, 0.6) is 0 Å². The Morgan fingerprint density at radius 1 is 1.00 bits per heavy atom. The van der Waals surface area contributed by atoms with E-state index in [1.54, 1.807) is 0 Å². The van der Waals surface area contributed by atoms with Gasteiger partial charge in [0.2, 0.25) is 0 Å². The molecule has 1 aliphatic rings. The summed E-state index contributed by atoms with van der Waals surface area (Å²) in [7, 11) is 0. The molecule has 0 saturated carbocycles. The molecule has 0 spiro atoms. The molecule has 3 rings (SSSR count). The SMILES string of the molecule is NC1CCc2cc3ccccc3cc2C1. The molecule has 2 N–H and O–H groups in total. The first-order valence-electron chi connectivity index (χ1n) is 5.59. The standard InChI is InChI=1S/C14H15N/c15-14-6-5-12-7-10-3-1-2-4-11(10)8-13(12)9-14/h1-4,7-8,14H,5-6,9,15H2. The maximum absolute atomic E-state index is 5.99. The summed E-state index contributed by atoms with van der Waals surface area (Å²) in [5.41, 5.74) is 8.94. The zero-order chi connectivity index (χ0) is 10.3. The summed E-state index contributed by atoms with van der Waals surface area (Å²) in [4.78, 5) is 0. The minimum Gasteiger partial charge on any atom is -0.327 e. The highest BCUT2D eigenvalue weighted by atomic mass is 14.6. The van der Waals surface area contributed by atoms with Crippen LogP contribution >= 0.6 is 0 Å². The number of benzene rings is 2. The monoisotopic (exact) mass is 197 g/mol. The first kappa shape index (κ1) is 8.93. The van der Waals surface area contributed by atoms with Crippen LogP contribution in [0.2, 0.25) is 0 Å². The summed E-state index contributed by atoms with van der Waals surface area (Å²) in [6.07, 6.45) is 3.31. The number of aryl methyl sites for hydroxylation is 1. The van der Waals surface area contributed by atoms with Crippen LogP contribution in [-0.2, 0) is 12.8 Å². The molecular weight excluding hydrogens is 182 g/mol. The lowest BCUT2D eigenvalue weighted by molar-refractivity contribution is 0.577. The van der Waals surface area contributed by atoms with Crippen molar-refractivity contribution in [2.24, 2.45) is 5.73 Å². The Hall–Kier alpha value is -1.34. The van der Waals surface area contributed by atoms with Crippen molar-refractivity contribution in [3.05, 3.63) is 47.5 Å². The lowest BCUT2D eigenvalue weighted by atomic mass is 9.87. The molecule has 0 saturated heterocycles. The molecule has 2 aromatic rings. The van der Waals surface area contributed by atoms with Gasteiger partial charge < -0.3 is 5.73 Å². The highest BCUT2D eigenvalue weighted by Gasteiger charge is 2.15. The largest absolute Gasteiger partial charge is 0.327 e. The number of nitrogens with two attached hydrogens (primary N) is 1. The third-order valence-electron chi connectivity index (χ3n) is 3.33. The molecule has 1 unspecified atom stereocenters. The fraction of sp³-hybridized carbons (Fsp3) is 0.286. The molecular formula is C14H15N. The molecule has 76 valence electrons. The van der Waals surface area contributed by atoms with Crippen molar-refractivity contribution < 1.29 is 0 Å². The lowest BCUT2D eigenvalue weighted by Gasteiger charge is -2.21. The fourth-order valence-corrected chi connectivity index (χ4v) is 2.48. The average molecular weight is 197 g/mol. The summed E-state index contributed by atoms with van der Waals surface area (Å²) in [5, 5.41) is 2.69. The number of fused-ring (bicyclic) bond motifs is 2. The smallest absolute Gasteiger partial charge is 0.00825 e. The van der Waals surface area contributed by atoms with E-state index in [0.29, 0.717) is 6.04 Å². The van der Waals surface area contributed by atoms with E-state index in [-0.39, 0.29) is 0 Å². The molecule has 0 fully saturated rings. The minimum absolute atomic E-state index is 0.360. The Kier molecular flexibility index (Phi) is 2.00. The number of rotatable bonds is 0. The first-order valence-corrected chi connectivity index (χ1v) is 5.59. The third kappa shape index (κ3) is 1.53. The Morgan fingerprint density at radius 2 is 1.67 bits per heavy atom. The maximum atomic E-state index is 5.99. The van der Waals surface area contributed by atoms with E-state index in [1.807, 2.05) is 0 Å². The van der Waals surface area contributed by atoms with E-state index >= 15 is 0 Å². The molecule has 1 aliphatic carbocycles. The van der Waals surface area contributed by atoms with Gasteiger partial charge in [0, 0.05) is 6.04 Å². The van der Waals surface area contributed by atoms with Crippen molar-refractivity contribution in [2.75, 3.05) is 0 Å². The van der Waals surface area contributed by atoms with Gasteiger partial charge in [0.05, 0.1) is 0 Å². The second-order valence-electron chi connectivity index (χ2n) is 4.47. The molecule has 0 bridgehead atoms. The predicted octanol–water partition coefficient (Wildman–Crippen LogP) is 2.66. The van der Waals surface area contributed by atoms with Gasteiger partial charge in [-0.25, -0.2) is 0 Å². The summed E-state index contributed by atoms with van der Waals surface area (Å²) in [6.45, 7) is 0. The summed E-state index contributed by atoms with van der Waals surface area (Å²) < 4.78 is 0. The van der Waals surface area contributed by atoms with Crippen molar-refractivity contribution in [2.45, 2.75) is 25.3 Å². The van der Waals surface area contributed by atoms with E-state index < -0.39 is 0 Å². The van der Waals surface area contributed by atoms with Crippen molar-refractivity contribution in [3.8, 4) is 0 Å². The maximum Gasteiger partial charge on any atom is 0.00825 e. The van der Waals surface area contributed by atoms with Crippen LogP contribution in [0, 0.1) is 0 Å². The Labute approximate surface area is 89.9 Å². The zero-order valence-corrected chi connectivity index (χ0v) is 8.74. The van der Waals surface area contributed by atoms with Crippen LogP contribution in [0.3, 0.4) is 0 Å². The van der Waals surface area contributed by atoms with E-state index in [1.165, 1.54) is 21.9 Å². The van der Waals surface area contributed by atoms with Crippen molar-refractivity contribution in [1.82, 2.24) is 0 Å². The number of hydrogen-bond donors (Lipinski definition) is 1. The molecule has 0 radical (unpaired) electrons. The normalized spacial score (nSPS) is 20.2. The second kappa shape index (κ2) is 3.35. The second-order valence-corrected chi connectivity index (χ2v) is 4.47. The molecule has 1 atom stereocenters. The van der Waals surface area contributed by atoms with Gasteiger partial charge in [-0.3, -0.25) is 0 Å². The predicted molar refractivity (Wildman–Crippen MR) is 63.9 cm³/mol. The molecule has 2 aromatic carbocycles. The van der Waals surface area contributed by atoms with E-state index in [4.69, 9.17) is 5.73 Å². The average Bonchev–Trinajstić information content (AvgIpc) is 2.26. The van der Waals surface area contributed by atoms with Crippen LogP contribution in [0.1, 0.15) is 17.5 Å². The Balaban J connectivity index is 2.20. The van der Waals surface area contributed by atoms with Crippen molar-refractivity contribution in [1.29, 1.82) is 0 Å². The van der Waals surface area contributed by atoms with Gasteiger partial charge in [0.25, 0.3) is 0 Å². The first-order chi connectivity index (χ1) is 7.33. The van der Waals surface area contributed by atoms with Gasteiger partial charge in [-0.2, -0.15) is 0 Å². The van der Waals surface area contributed by atoms with Gasteiger partial charge in [0.1, 0.15) is 0 Å². The molecule has 0 heterocycles. The number of hydrogen-bond acceptors (Lipinski definition) is 1. The topological polar surface area (TPSA) is 26.0 Å². The lowest BCUT2D eigenvalue weighted by Crippen LogP contribution is -2.27. The van der Waals surface area contributed by atoms with Crippen LogP contribution in [0.15, 0.2) is 36.4 Å². The molecule has 15 heavy (non-hydrogen) atoms. The zero-order valence-electron chi connectivity index (χ0n) is 8.74. The Morgan fingerprint density at radius 3 is 2.40 bits per heavy atom. The molecule has 0 amide bonds. The van der Waals surface area contributed by atoms with Crippen LogP contribution in [0.25, 0.3) is 10.8 Å². The molecule has 0 aromatic heterocycles. The van der Waals surface area contributed by atoms with Crippen LogP contribution in [0.4, 0.5) is 0 Å². The molecule has 1 nitrogen and oxygen atoms in total. The van der Waals surface area contributed by atoms with Gasteiger partial charge in [-0.05, 0) is 41.2 Å². The summed E-state index contributed by atoms with van der Waals surface area (Å²) >= 11 is 0. The van der Waals surface area contributed by atoms with Crippen molar-refractivity contribution >= 4 is 10.8 Å². The highest BCUT2D eigenvalue weighted by molar-refractivity contribution is 5.84. The van der Waals surface area contributed by atoms with Crippen molar-refractivity contribution in [3.63, 3.8) is 0 Å². The third-order valence-corrected chi connectivity index (χ3v) is 3.33. The quantitative estimate of drug-likeness (QED) is 0.690. The summed E-state index contributed by atoms with van der Waals surface area (Å²) in [5.74, 6) is 0. The van der Waals surface area contributed by atoms with Gasteiger partial charge in [0.15, 0.2) is 0 Å². The van der Waals surface area contributed by atoms with Gasteiger partial charge >= 0.3 is 0 Å². The summed E-state index contributed by atoms with van der Waals surface area (Å²) in [6, 6.07) is 13.6. The van der Waals surface area contributed by atoms with E-state index in [2.05, 4.69) is 36.4 Å². The fourth-order valence-electron chi connectivity index (χ4n) is 2.48. The van der Waals surface area contributed by atoms with Crippen LogP contribution < -0.4 is 5.73 Å². The highest BCUT2D eigenvalue weighted by Crippen LogP contribution is 2.26. The van der Waals surface area contributed by atoms with Gasteiger partial charge in [-0.15, -0.1) is 0 Å². The van der Waals surface area contributed by atoms with Gasteiger partial charge in [-0.1, -0.05) is 36.4 Å². The molecule has 1 heteroatoms. The minimum atomic E-state index is 0.360.